The van der Waals surface area contributed by atoms with Crippen LogP contribution in [0.25, 0.3) is 10.9 Å². The molecule has 6 nitrogen and oxygen atoms in total. The molecule has 1 aliphatic rings. The van der Waals surface area contributed by atoms with Gasteiger partial charge in [-0.15, -0.1) is 0 Å². The van der Waals surface area contributed by atoms with E-state index in [-0.39, 0.29) is 25.3 Å². The number of rotatable bonds is 6. The molecule has 6 heteroatoms. The number of hydrogen-bond donors (Lipinski definition) is 3. The van der Waals surface area contributed by atoms with Crippen molar-refractivity contribution < 1.29 is 14.6 Å². The number of pyridine rings is 1. The minimum Gasteiger partial charge on any atom is -0.389 e. The van der Waals surface area contributed by atoms with Gasteiger partial charge in [-0.05, 0) is 37.1 Å². The molecule has 2 amide bonds. The fraction of sp³-hybridized carbons (Fsp3) is 0.474. The van der Waals surface area contributed by atoms with E-state index in [1.807, 2.05) is 24.3 Å². The van der Waals surface area contributed by atoms with Gasteiger partial charge in [0.15, 0.2) is 0 Å². The maximum absolute atomic E-state index is 12.0. The van der Waals surface area contributed by atoms with Gasteiger partial charge in [-0.1, -0.05) is 25.3 Å². The summed E-state index contributed by atoms with van der Waals surface area (Å²) in [5.74, 6) is 0. The minimum absolute atomic E-state index is 0.160. The quantitative estimate of drug-likeness (QED) is 0.753. The number of amides is 2. The topological polar surface area (TPSA) is 83.5 Å². The smallest absolute Gasteiger partial charge is 0.319 e. The molecule has 1 aromatic heterocycles. The molecule has 0 saturated heterocycles. The maximum Gasteiger partial charge on any atom is 0.319 e. The van der Waals surface area contributed by atoms with Crippen molar-refractivity contribution in [2.45, 2.75) is 44.3 Å². The molecule has 1 fully saturated rings. The minimum atomic E-state index is -0.700. The number of benzene rings is 1. The van der Waals surface area contributed by atoms with E-state index in [1.54, 1.807) is 12.3 Å². The highest BCUT2D eigenvalue weighted by atomic mass is 16.5. The van der Waals surface area contributed by atoms with Crippen LogP contribution in [0.2, 0.25) is 0 Å². The molecule has 1 aromatic carbocycles. The van der Waals surface area contributed by atoms with Crippen molar-refractivity contribution in [1.29, 1.82) is 0 Å². The van der Waals surface area contributed by atoms with Crippen molar-refractivity contribution in [2.75, 3.05) is 18.5 Å². The lowest BCUT2D eigenvalue weighted by atomic mass is 9.98. The molecule has 3 rings (SSSR count). The molecule has 25 heavy (non-hydrogen) atoms. The van der Waals surface area contributed by atoms with E-state index in [0.717, 1.165) is 23.7 Å². The molecule has 3 N–H and O–H groups in total. The highest BCUT2D eigenvalue weighted by Crippen LogP contribution is 2.20. The maximum atomic E-state index is 12.0. The van der Waals surface area contributed by atoms with Crippen molar-refractivity contribution >= 4 is 22.6 Å². The predicted octanol–water partition coefficient (Wildman–Crippen LogP) is 3.07. The third-order valence-electron chi connectivity index (χ3n) is 4.44. The fourth-order valence-corrected chi connectivity index (χ4v) is 3.08. The number of aliphatic hydroxyl groups is 1. The van der Waals surface area contributed by atoms with Crippen molar-refractivity contribution in [3.05, 3.63) is 36.5 Å². The number of aromatic nitrogens is 1. The number of carbonyl (C=O) groups excluding carboxylic acids is 1. The summed E-state index contributed by atoms with van der Waals surface area (Å²) in [6.07, 6.45) is 7.09. The zero-order chi connectivity index (χ0) is 17.5. The van der Waals surface area contributed by atoms with Gasteiger partial charge in [-0.2, -0.15) is 0 Å². The SMILES string of the molecule is O=C(NC[C@@H](O)COC1CCCCC1)Nc1ccc2ncccc2c1. The summed E-state index contributed by atoms with van der Waals surface area (Å²) in [6, 6.07) is 8.98. The van der Waals surface area contributed by atoms with Crippen LogP contribution >= 0.6 is 0 Å². The highest BCUT2D eigenvalue weighted by Gasteiger charge is 2.16. The second-order valence-corrected chi connectivity index (χ2v) is 6.49. The molecule has 0 aliphatic heterocycles. The summed E-state index contributed by atoms with van der Waals surface area (Å²) in [7, 11) is 0. The molecule has 1 saturated carbocycles. The molecule has 134 valence electrons. The Morgan fingerprint density at radius 1 is 1.28 bits per heavy atom. The first kappa shape index (κ1) is 17.6. The Bertz CT molecular complexity index is 701. The van der Waals surface area contributed by atoms with E-state index in [9.17, 15) is 9.90 Å². The van der Waals surface area contributed by atoms with E-state index in [4.69, 9.17) is 4.74 Å². The largest absolute Gasteiger partial charge is 0.389 e. The number of nitrogens with one attached hydrogen (secondary N) is 2. The van der Waals surface area contributed by atoms with Crippen LogP contribution in [0.15, 0.2) is 36.5 Å². The molecule has 0 radical (unpaired) electrons. The fourth-order valence-electron chi connectivity index (χ4n) is 3.08. The number of hydrogen-bond acceptors (Lipinski definition) is 4. The summed E-state index contributed by atoms with van der Waals surface area (Å²) in [5, 5.41) is 16.4. The monoisotopic (exact) mass is 343 g/mol. The van der Waals surface area contributed by atoms with Crippen LogP contribution in [0.1, 0.15) is 32.1 Å². The molecular weight excluding hydrogens is 318 g/mol. The number of carbonyl (C=O) groups is 1. The van der Waals surface area contributed by atoms with E-state index >= 15 is 0 Å². The first-order chi connectivity index (χ1) is 12.2. The summed E-state index contributed by atoms with van der Waals surface area (Å²) >= 11 is 0. The van der Waals surface area contributed by atoms with Crippen molar-refractivity contribution in [1.82, 2.24) is 10.3 Å². The third kappa shape index (κ3) is 5.41. The van der Waals surface area contributed by atoms with E-state index < -0.39 is 6.10 Å². The van der Waals surface area contributed by atoms with Crippen LogP contribution in [0.3, 0.4) is 0 Å². The number of nitrogens with zero attached hydrogens (tertiary/aromatic N) is 1. The Morgan fingerprint density at radius 3 is 2.96 bits per heavy atom. The second kappa shape index (κ2) is 8.78. The lowest BCUT2D eigenvalue weighted by molar-refractivity contribution is -0.0221. The van der Waals surface area contributed by atoms with Crippen molar-refractivity contribution in [3.63, 3.8) is 0 Å². The molecule has 0 spiro atoms. The average molecular weight is 343 g/mol. The molecule has 1 aliphatic carbocycles. The summed E-state index contributed by atoms with van der Waals surface area (Å²) in [4.78, 5) is 16.2. The van der Waals surface area contributed by atoms with Crippen LogP contribution in [-0.2, 0) is 4.74 Å². The van der Waals surface area contributed by atoms with Gasteiger partial charge in [0.05, 0.1) is 24.3 Å². The Morgan fingerprint density at radius 2 is 2.12 bits per heavy atom. The predicted molar refractivity (Wildman–Crippen MR) is 97.6 cm³/mol. The van der Waals surface area contributed by atoms with Crippen LogP contribution < -0.4 is 10.6 Å². The van der Waals surface area contributed by atoms with Crippen LogP contribution in [-0.4, -0.2) is 41.5 Å². The first-order valence-electron chi connectivity index (χ1n) is 8.90. The summed E-state index contributed by atoms with van der Waals surface area (Å²) < 4.78 is 5.71. The van der Waals surface area contributed by atoms with Gasteiger partial charge in [0, 0.05) is 23.8 Å². The van der Waals surface area contributed by atoms with Crippen LogP contribution in [0.4, 0.5) is 10.5 Å². The van der Waals surface area contributed by atoms with Gasteiger partial charge in [-0.3, -0.25) is 4.98 Å². The van der Waals surface area contributed by atoms with Crippen LogP contribution in [0, 0.1) is 0 Å². The van der Waals surface area contributed by atoms with Gasteiger partial charge < -0.3 is 20.5 Å². The zero-order valence-corrected chi connectivity index (χ0v) is 14.3. The normalized spacial score (nSPS) is 16.5. The van der Waals surface area contributed by atoms with Gasteiger partial charge in [0.2, 0.25) is 0 Å². The zero-order valence-electron chi connectivity index (χ0n) is 14.3. The standard InChI is InChI=1S/C19H25N3O3/c23-16(13-25-17-6-2-1-3-7-17)12-21-19(24)22-15-8-9-18-14(11-15)5-4-10-20-18/h4-5,8-11,16-17,23H,1-3,6-7,12-13H2,(H2,21,22,24)/t16-/m1/s1. The Labute approximate surface area is 147 Å². The van der Waals surface area contributed by atoms with E-state index in [2.05, 4.69) is 15.6 Å². The van der Waals surface area contributed by atoms with Gasteiger partial charge in [0.1, 0.15) is 0 Å². The number of ether oxygens (including phenoxy) is 1. The number of fused-ring (bicyclic) bond motifs is 1. The summed E-state index contributed by atoms with van der Waals surface area (Å²) in [6.45, 7) is 0.417. The van der Waals surface area contributed by atoms with Crippen LogP contribution in [0.5, 0.6) is 0 Å². The van der Waals surface area contributed by atoms with E-state index in [0.29, 0.717) is 5.69 Å². The number of urea groups is 1. The molecular formula is C19H25N3O3. The second-order valence-electron chi connectivity index (χ2n) is 6.49. The van der Waals surface area contributed by atoms with Crippen molar-refractivity contribution in [2.24, 2.45) is 0 Å². The van der Waals surface area contributed by atoms with E-state index in [1.165, 1.54) is 19.3 Å². The Hall–Kier alpha value is -2.18. The molecule has 0 unspecified atom stereocenters. The van der Waals surface area contributed by atoms with Gasteiger partial charge >= 0.3 is 6.03 Å². The lowest BCUT2D eigenvalue weighted by Gasteiger charge is -2.23. The van der Waals surface area contributed by atoms with Crippen molar-refractivity contribution in [3.8, 4) is 0 Å². The Kier molecular flexibility index (Phi) is 6.19. The molecule has 0 bridgehead atoms. The van der Waals surface area contributed by atoms with Gasteiger partial charge in [0.25, 0.3) is 0 Å². The average Bonchev–Trinajstić information content (AvgIpc) is 2.65. The number of anilines is 1. The lowest BCUT2D eigenvalue weighted by Crippen LogP contribution is -2.38. The third-order valence-corrected chi connectivity index (χ3v) is 4.44. The molecule has 1 heterocycles. The number of aliphatic hydroxyl groups excluding tert-OH is 1. The first-order valence-corrected chi connectivity index (χ1v) is 8.90. The van der Waals surface area contributed by atoms with Gasteiger partial charge in [-0.25, -0.2) is 4.79 Å². The Balaban J connectivity index is 1.40. The molecule has 2 aromatic rings. The highest BCUT2D eigenvalue weighted by molar-refractivity contribution is 5.92. The summed E-state index contributed by atoms with van der Waals surface area (Å²) in [5.41, 5.74) is 1.56. The molecule has 1 atom stereocenters.